The predicted molar refractivity (Wildman–Crippen MR) is 450 cm³/mol. The summed E-state index contributed by atoms with van der Waals surface area (Å²) >= 11 is 4.18. The monoisotopic (exact) mass is 1820 g/mol. The van der Waals surface area contributed by atoms with Gasteiger partial charge in [-0.05, 0) is 131 Å². The van der Waals surface area contributed by atoms with Crippen LogP contribution in [-0.4, -0.2) is 161 Å². The first-order valence-corrected chi connectivity index (χ1v) is 40.1. The highest BCUT2D eigenvalue weighted by Crippen LogP contribution is 2.36. The second kappa shape index (κ2) is 44.3. The molecule has 5 aromatic carbocycles. The largest absolute Gasteiger partial charge is 0.444 e. The molecule has 10 heterocycles. The minimum absolute atomic E-state index is 0.00720. The molecule has 0 saturated carbocycles. The standard InChI is InChI=1S/C25H15F2N3O6.C21H19F2N5O4.C18H13F2N5O3.C10H15N3O2.C6H8N2.C3H7BrO.CH4S/c26-16-11-12-19(20(27)15-16)21-13-14-22(30(33)34)23(28-21)29(24(31)35-17-7-3-1-4-8-17)25(32)36-18-9-5-2-6-10-18;1-32-7-6-27-11-13-10-26(12-19(13)25-27)21(29)9-18-20(28(30)31)5-4-17(24-18)15-3-2-14(22)8-16(15)23;19-11-1-2-12(13(20)5-11)14-3-4-17(25(27)28)15(22-14)6-18(26)24-8-10-7-21-23-16(10)9-24;1-10(2,3)15-9(14)13-5-7-4-11-12-8(7)6-13;1-2-5-4-7-8-6(5)3-1;1-5-3-2-4;1-2/h1-15H;2-5,8,11H,6-7,9-10,12H2,1H3;1-5,7H,6,8-9H2,(H,21,23);4H,5-6H2,1-3H3,(H,11,12);4H,1-3H2,(H,7,8);2-3H2,1H3;2H,1H3/i/hD. The third kappa shape index (κ3) is 25.3. The number of amides is 5. The number of methoxy groups -OCH3 is 2. The van der Waals surface area contributed by atoms with E-state index >= 15 is 0 Å². The molecule has 7 aromatic heterocycles. The van der Waals surface area contributed by atoms with Crippen LogP contribution in [-0.2, 0) is 95.3 Å². The van der Waals surface area contributed by atoms with Crippen molar-refractivity contribution in [3.8, 4) is 45.3 Å². The number of ether oxygens (including phenoxy) is 5. The summed E-state index contributed by atoms with van der Waals surface area (Å²) in [7, 11) is 3.28. The molecule has 0 fully saturated rings. The van der Waals surface area contributed by atoms with Crippen molar-refractivity contribution in [3.05, 3.63) is 298 Å². The molecule has 658 valence electrons. The van der Waals surface area contributed by atoms with Gasteiger partial charge in [0.15, 0.2) is 0 Å². The Labute approximate surface area is 729 Å². The van der Waals surface area contributed by atoms with Crippen LogP contribution in [0.5, 0.6) is 11.5 Å². The van der Waals surface area contributed by atoms with Crippen LogP contribution in [0.3, 0.4) is 0 Å². The Balaban J connectivity index is 0.000000170. The van der Waals surface area contributed by atoms with E-state index in [1.165, 1.54) is 101 Å². The van der Waals surface area contributed by atoms with Crippen LogP contribution in [0.2, 0.25) is 0 Å². The van der Waals surface area contributed by atoms with Crippen molar-refractivity contribution in [2.75, 3.05) is 43.9 Å². The van der Waals surface area contributed by atoms with Gasteiger partial charge in [0.2, 0.25) is 17.6 Å². The Morgan fingerprint density at radius 1 is 0.532 bits per heavy atom. The fourth-order valence-electron chi connectivity index (χ4n) is 12.6. The minimum Gasteiger partial charge on any atom is -0.444 e. The van der Waals surface area contributed by atoms with Gasteiger partial charge in [-0.2, -0.15) is 37.8 Å². The van der Waals surface area contributed by atoms with Crippen molar-refractivity contribution in [1.82, 2.24) is 70.0 Å². The molecule has 34 nitrogen and oxygen atoms in total. The number of carbonyl (C=O) groups is 5. The minimum atomic E-state index is -1.37. The van der Waals surface area contributed by atoms with E-state index in [0.29, 0.717) is 64.1 Å². The Bertz CT molecular complexity index is 5760. The molecule has 0 radical (unpaired) electrons. The molecule has 1 aliphatic carbocycles. The van der Waals surface area contributed by atoms with Crippen molar-refractivity contribution in [2.24, 2.45) is 0 Å². The first-order valence-electron chi connectivity index (χ1n) is 38.6. The summed E-state index contributed by atoms with van der Waals surface area (Å²) in [5.41, 5.74) is 5.88. The van der Waals surface area contributed by atoms with E-state index in [1.807, 2.05) is 33.2 Å². The third-order valence-electron chi connectivity index (χ3n) is 18.6. The van der Waals surface area contributed by atoms with Crippen LogP contribution in [0.15, 0.2) is 176 Å². The van der Waals surface area contributed by atoms with Gasteiger partial charge in [0.25, 0.3) is 11.4 Å². The SMILES string of the molecule is CC(C)(C)OC(=O)N1Cc2cn[nH]c2C1.COCCBr.COCCn1cc2c(n1)CN(C(=O)Cc1nc(-c3ccc(F)cc3F)ccc1[N+](=O)[O-])C2.O=C(Cc1nc(-c2ccc(F)cc2F)ccc1[N+](=O)[O-])N1Cc2cn[nH]c2C1.O=C(Oc1ccccc1)N(C(=O)Oc1ccccc1)c1nc(-c2ccc(F)cc2F)ccc1[N+](=O)[O-].[2H]SC.c1n[nH]c2c1CCC2. The van der Waals surface area contributed by atoms with Crippen LogP contribution in [0.4, 0.5) is 63.6 Å². The fourth-order valence-corrected chi connectivity index (χ4v) is 13.0. The van der Waals surface area contributed by atoms with E-state index in [9.17, 15) is 80.7 Å². The van der Waals surface area contributed by atoms with Gasteiger partial charge >= 0.3 is 24.0 Å². The van der Waals surface area contributed by atoms with E-state index < -0.39 is 79.0 Å². The van der Waals surface area contributed by atoms with Gasteiger partial charge in [0.1, 0.15) is 64.5 Å². The average Bonchev–Trinajstić information content (AvgIpc) is 1.30. The van der Waals surface area contributed by atoms with Crippen LogP contribution in [0.25, 0.3) is 33.8 Å². The quantitative estimate of drug-likeness (QED) is 0.0204. The summed E-state index contributed by atoms with van der Waals surface area (Å²) in [6.07, 6.45) is 8.95. The van der Waals surface area contributed by atoms with Crippen molar-refractivity contribution in [1.29, 1.82) is 1.12 Å². The lowest BCUT2D eigenvalue weighted by molar-refractivity contribution is -0.386. The van der Waals surface area contributed by atoms with Gasteiger partial charge in [-0.1, -0.05) is 52.3 Å². The number of nitrogens with one attached hydrogen (secondary N) is 3. The molecule has 0 bridgehead atoms. The zero-order valence-corrected chi connectivity index (χ0v) is 70.5. The van der Waals surface area contributed by atoms with Crippen LogP contribution < -0.4 is 14.4 Å². The van der Waals surface area contributed by atoms with E-state index in [1.54, 1.807) is 78.8 Å². The number of anilines is 1. The topological polar surface area (TPSA) is 416 Å². The van der Waals surface area contributed by atoms with Gasteiger partial charge in [-0.15, -0.1) is 0 Å². The van der Waals surface area contributed by atoms with Crippen molar-refractivity contribution < 1.29 is 88.8 Å². The second-order valence-electron chi connectivity index (χ2n) is 28.4. The third-order valence-corrected chi connectivity index (χ3v) is 18.9. The second-order valence-corrected chi connectivity index (χ2v) is 29.2. The number of imide groups is 1. The number of nitrogens with zero attached hydrogens (tertiary/aromatic N) is 15. The summed E-state index contributed by atoms with van der Waals surface area (Å²) in [6.45, 7) is 9.95. The van der Waals surface area contributed by atoms with Gasteiger partial charge < -0.3 is 33.5 Å². The van der Waals surface area contributed by atoms with E-state index in [-0.39, 0.29) is 110 Å². The number of fused-ring (bicyclic) bond motifs is 4. The molecule has 12 aromatic rings. The molecule has 4 aliphatic rings. The lowest BCUT2D eigenvalue weighted by Crippen LogP contribution is -2.42. The number of halogens is 7. The molecule has 126 heavy (non-hydrogen) atoms. The Hall–Kier alpha value is -14.1. The molecule has 16 rings (SSSR count). The van der Waals surface area contributed by atoms with E-state index in [0.717, 1.165) is 94.6 Å². The average molecular weight is 1830 g/mol. The van der Waals surface area contributed by atoms with Gasteiger partial charge in [-0.25, -0.2) is 55.7 Å². The molecule has 0 spiro atoms. The molecule has 3 N–H and O–H groups in total. The number of pyridine rings is 3. The summed E-state index contributed by atoms with van der Waals surface area (Å²) in [5.74, 6) is -6.48. The molecule has 0 saturated heterocycles. The number of hydrogen-bond donors (Lipinski definition) is 4. The van der Waals surface area contributed by atoms with Gasteiger partial charge in [0.05, 0.1) is 126 Å². The zero-order valence-electron chi connectivity index (χ0n) is 69.1. The van der Waals surface area contributed by atoms with Gasteiger partial charge in [0, 0.05) is 114 Å². The highest BCUT2D eigenvalue weighted by atomic mass is 79.9. The Morgan fingerprint density at radius 3 is 1.37 bits per heavy atom. The van der Waals surface area contributed by atoms with Crippen LogP contribution >= 0.6 is 28.5 Å². The van der Waals surface area contributed by atoms with Crippen LogP contribution in [0.1, 0.15) is 83.6 Å². The maximum atomic E-state index is 14.4. The summed E-state index contributed by atoms with van der Waals surface area (Å²) in [5, 5.41) is 60.2. The lowest BCUT2D eigenvalue weighted by Gasteiger charge is -2.24. The smallest absolute Gasteiger partial charge is 0.430 e. The first-order chi connectivity index (χ1) is 60.8. The molecule has 3 aliphatic heterocycles. The summed E-state index contributed by atoms with van der Waals surface area (Å²) in [4.78, 5) is 113. The highest BCUT2D eigenvalue weighted by molar-refractivity contribution is 9.09. The number of aromatic amines is 3. The number of rotatable bonds is 18. The number of aromatic nitrogens is 11. The molecule has 42 heteroatoms. The number of aryl methyl sites for hydroxylation is 2. The number of alkyl halides is 1. The maximum Gasteiger partial charge on any atom is 0.430 e. The summed E-state index contributed by atoms with van der Waals surface area (Å²) < 4.78 is 116. The first kappa shape index (κ1) is 92.6. The highest BCUT2D eigenvalue weighted by Gasteiger charge is 2.38. The van der Waals surface area contributed by atoms with Crippen LogP contribution in [0, 0.1) is 65.2 Å². The normalized spacial score (nSPS) is 12.4. The number of hydrogen-bond acceptors (Lipinski definition) is 24. The molecule has 0 atom stereocenters. The van der Waals surface area contributed by atoms with E-state index in [4.69, 9.17) is 20.1 Å². The number of para-hydroxylation sites is 2. The molecule has 0 unspecified atom stereocenters. The predicted octanol–water partition coefficient (Wildman–Crippen LogP) is 15.9. The lowest BCUT2D eigenvalue weighted by atomic mass is 10.1. The molecule has 5 amide bonds. The number of nitro groups is 3. The van der Waals surface area contributed by atoms with E-state index in [2.05, 4.69) is 71.3 Å². The van der Waals surface area contributed by atoms with Crippen molar-refractivity contribution >= 4 is 81.4 Å². The van der Waals surface area contributed by atoms with Crippen molar-refractivity contribution in [3.63, 3.8) is 0 Å². The maximum absolute atomic E-state index is 14.4. The zero-order chi connectivity index (χ0) is 91.6. The number of carbonyl (C=O) groups excluding carboxylic acids is 5. The Kier molecular flexibility index (Phi) is 32.5. The molecular weight excluding hydrogens is 1740 g/mol. The number of benzene rings is 5. The number of thiol groups is 1. The fraction of sp³-hybridized carbons (Fsp3) is 0.262. The Morgan fingerprint density at radius 2 is 0.952 bits per heavy atom. The number of H-pyrrole nitrogens is 3. The van der Waals surface area contributed by atoms with Gasteiger partial charge in [-0.3, -0.25) is 64.8 Å². The summed E-state index contributed by atoms with van der Waals surface area (Å²) in [6, 6.07) is 30.8. The molecular formula is C84H81BrF6N18O16S. The van der Waals surface area contributed by atoms with Crippen molar-refractivity contribution in [2.45, 2.75) is 104 Å².